The minimum absolute atomic E-state index is 0.342. The zero-order chi connectivity index (χ0) is 11.4. The van der Waals surface area contributed by atoms with Gasteiger partial charge in [0.2, 0.25) is 0 Å². The van der Waals surface area contributed by atoms with Crippen molar-refractivity contribution in [3.05, 3.63) is 12.3 Å². The summed E-state index contributed by atoms with van der Waals surface area (Å²) in [7, 11) is 0. The molecule has 0 rings (SSSR count). The molecule has 1 heteroatoms. The first kappa shape index (κ1) is 14.5. The molecular weight excluding hydrogens is 184 g/mol. The summed E-state index contributed by atoms with van der Waals surface area (Å²) < 4.78 is 0. The Kier molecular flexibility index (Phi) is 11.3. The number of unbranched alkanes of at least 4 members (excludes halogenated alkanes) is 9. The summed E-state index contributed by atoms with van der Waals surface area (Å²) in [4.78, 5) is 0. The summed E-state index contributed by atoms with van der Waals surface area (Å²) in [6.07, 6.45) is 14.2. The van der Waals surface area contributed by atoms with E-state index in [9.17, 15) is 0 Å². The quantitative estimate of drug-likeness (QED) is 0.360. The molecule has 0 heterocycles. The molecule has 0 spiro atoms. The van der Waals surface area contributed by atoms with Gasteiger partial charge in [-0.2, -0.15) is 0 Å². The van der Waals surface area contributed by atoms with Crippen molar-refractivity contribution in [1.29, 1.82) is 0 Å². The van der Waals surface area contributed by atoms with Crippen LogP contribution in [0, 0.1) is 0 Å². The molecule has 0 aromatic carbocycles. The van der Waals surface area contributed by atoms with E-state index in [2.05, 4.69) is 13.5 Å². The largest absolute Gasteiger partial charge is 0.513 e. The van der Waals surface area contributed by atoms with Crippen LogP contribution in [-0.2, 0) is 0 Å². The van der Waals surface area contributed by atoms with Gasteiger partial charge in [0, 0.05) is 6.42 Å². The van der Waals surface area contributed by atoms with Crippen molar-refractivity contribution in [2.45, 2.75) is 77.6 Å². The highest BCUT2D eigenvalue weighted by molar-refractivity contribution is 4.77. The summed E-state index contributed by atoms with van der Waals surface area (Å²) in [6.45, 7) is 5.75. The van der Waals surface area contributed by atoms with E-state index in [0.717, 1.165) is 12.8 Å². The first-order valence-electron chi connectivity index (χ1n) is 6.64. The van der Waals surface area contributed by atoms with Gasteiger partial charge in [-0.05, 0) is 6.42 Å². The molecule has 0 unspecified atom stereocenters. The van der Waals surface area contributed by atoms with E-state index in [4.69, 9.17) is 5.11 Å². The minimum Gasteiger partial charge on any atom is -0.513 e. The van der Waals surface area contributed by atoms with E-state index in [-0.39, 0.29) is 0 Å². The van der Waals surface area contributed by atoms with Crippen molar-refractivity contribution >= 4 is 0 Å². The van der Waals surface area contributed by atoms with Crippen molar-refractivity contribution in [2.24, 2.45) is 0 Å². The fraction of sp³-hybridized carbons (Fsp3) is 0.857. The number of allylic oxidation sites excluding steroid dienone is 1. The van der Waals surface area contributed by atoms with Crippen LogP contribution in [0.15, 0.2) is 12.3 Å². The summed E-state index contributed by atoms with van der Waals surface area (Å²) >= 11 is 0. The normalized spacial score (nSPS) is 10.5. The molecule has 90 valence electrons. The second-order valence-electron chi connectivity index (χ2n) is 4.50. The molecule has 0 radical (unpaired) electrons. The van der Waals surface area contributed by atoms with E-state index in [0.29, 0.717) is 5.76 Å². The Labute approximate surface area is 95.6 Å². The van der Waals surface area contributed by atoms with Gasteiger partial charge < -0.3 is 5.11 Å². The highest BCUT2D eigenvalue weighted by Crippen LogP contribution is 2.12. The van der Waals surface area contributed by atoms with E-state index in [1.165, 1.54) is 57.8 Å². The standard InChI is InChI=1S/C14H28O/c1-3-4-5-6-7-8-9-10-11-12-13-14(2)15/h15H,2-13H2,1H3. The number of rotatable bonds is 11. The summed E-state index contributed by atoms with van der Waals surface area (Å²) in [5.74, 6) is 0.342. The smallest absolute Gasteiger partial charge is 0.0851 e. The Morgan fingerprint density at radius 2 is 1.20 bits per heavy atom. The van der Waals surface area contributed by atoms with Gasteiger partial charge in [0.05, 0.1) is 5.76 Å². The van der Waals surface area contributed by atoms with Crippen LogP contribution >= 0.6 is 0 Å². The third kappa shape index (κ3) is 13.5. The lowest BCUT2D eigenvalue weighted by molar-refractivity contribution is 0.383. The second-order valence-corrected chi connectivity index (χ2v) is 4.50. The van der Waals surface area contributed by atoms with Crippen LogP contribution in [0.2, 0.25) is 0 Å². The molecule has 1 nitrogen and oxygen atoms in total. The molecule has 0 aliphatic heterocycles. The van der Waals surface area contributed by atoms with Gasteiger partial charge in [0.25, 0.3) is 0 Å². The predicted molar refractivity (Wildman–Crippen MR) is 68.2 cm³/mol. The summed E-state index contributed by atoms with van der Waals surface area (Å²) in [5.41, 5.74) is 0. The fourth-order valence-electron chi connectivity index (χ4n) is 1.82. The molecule has 0 fully saturated rings. The average molecular weight is 212 g/mol. The Morgan fingerprint density at radius 1 is 0.800 bits per heavy atom. The van der Waals surface area contributed by atoms with Gasteiger partial charge in [-0.25, -0.2) is 0 Å². The Bertz CT molecular complexity index is 140. The average Bonchev–Trinajstić information content (AvgIpc) is 2.20. The SMILES string of the molecule is C=C(O)CCCCCCCCCCCC. The van der Waals surface area contributed by atoms with Crippen LogP contribution in [0.5, 0.6) is 0 Å². The van der Waals surface area contributed by atoms with Crippen molar-refractivity contribution in [2.75, 3.05) is 0 Å². The molecule has 0 aliphatic rings. The van der Waals surface area contributed by atoms with Gasteiger partial charge >= 0.3 is 0 Å². The summed E-state index contributed by atoms with van der Waals surface area (Å²) in [6, 6.07) is 0. The number of aliphatic hydroxyl groups excluding tert-OH is 1. The molecule has 0 aliphatic carbocycles. The third-order valence-corrected chi connectivity index (χ3v) is 2.82. The number of aliphatic hydroxyl groups is 1. The van der Waals surface area contributed by atoms with Crippen molar-refractivity contribution in [1.82, 2.24) is 0 Å². The van der Waals surface area contributed by atoms with E-state index >= 15 is 0 Å². The first-order chi connectivity index (χ1) is 7.27. The van der Waals surface area contributed by atoms with Gasteiger partial charge in [-0.3, -0.25) is 0 Å². The molecule has 0 atom stereocenters. The van der Waals surface area contributed by atoms with Crippen LogP contribution in [0.1, 0.15) is 77.6 Å². The highest BCUT2D eigenvalue weighted by Gasteiger charge is 1.93. The summed E-state index contributed by atoms with van der Waals surface area (Å²) in [5, 5.41) is 8.88. The third-order valence-electron chi connectivity index (χ3n) is 2.82. The molecule has 15 heavy (non-hydrogen) atoms. The van der Waals surface area contributed by atoms with Crippen molar-refractivity contribution in [3.8, 4) is 0 Å². The number of hydrogen-bond donors (Lipinski definition) is 1. The Balaban J connectivity index is 2.89. The molecule has 1 N–H and O–H groups in total. The van der Waals surface area contributed by atoms with E-state index < -0.39 is 0 Å². The van der Waals surface area contributed by atoms with E-state index in [1.54, 1.807) is 0 Å². The predicted octanol–water partition coefficient (Wildman–Crippen LogP) is 5.37. The van der Waals surface area contributed by atoms with Crippen molar-refractivity contribution < 1.29 is 5.11 Å². The van der Waals surface area contributed by atoms with Crippen LogP contribution in [0.4, 0.5) is 0 Å². The molecule has 0 aromatic rings. The topological polar surface area (TPSA) is 20.2 Å². The lowest BCUT2D eigenvalue weighted by Crippen LogP contribution is -1.83. The molecular formula is C14H28O. The Morgan fingerprint density at radius 3 is 1.60 bits per heavy atom. The van der Waals surface area contributed by atoms with Crippen LogP contribution in [0.25, 0.3) is 0 Å². The fourth-order valence-corrected chi connectivity index (χ4v) is 1.82. The van der Waals surface area contributed by atoms with Gasteiger partial charge in [-0.15, -0.1) is 0 Å². The van der Waals surface area contributed by atoms with Crippen LogP contribution in [-0.4, -0.2) is 5.11 Å². The highest BCUT2D eigenvalue weighted by atomic mass is 16.3. The van der Waals surface area contributed by atoms with Crippen molar-refractivity contribution in [3.63, 3.8) is 0 Å². The molecule has 0 saturated carbocycles. The van der Waals surface area contributed by atoms with E-state index in [1.807, 2.05) is 0 Å². The minimum atomic E-state index is 0.342. The molecule has 0 aromatic heterocycles. The van der Waals surface area contributed by atoms with Crippen LogP contribution in [0.3, 0.4) is 0 Å². The monoisotopic (exact) mass is 212 g/mol. The van der Waals surface area contributed by atoms with Gasteiger partial charge in [0.1, 0.15) is 0 Å². The molecule has 0 amide bonds. The molecule has 0 bridgehead atoms. The zero-order valence-electron chi connectivity index (χ0n) is 10.4. The second kappa shape index (κ2) is 11.6. The molecule has 0 saturated heterocycles. The van der Waals surface area contributed by atoms with Gasteiger partial charge in [0.15, 0.2) is 0 Å². The Hall–Kier alpha value is -0.460. The lowest BCUT2D eigenvalue weighted by atomic mass is 10.1. The number of hydrogen-bond acceptors (Lipinski definition) is 1. The zero-order valence-corrected chi connectivity index (χ0v) is 10.4. The van der Waals surface area contributed by atoms with Crippen LogP contribution < -0.4 is 0 Å². The van der Waals surface area contributed by atoms with Gasteiger partial charge in [-0.1, -0.05) is 71.3 Å². The maximum Gasteiger partial charge on any atom is 0.0851 e. The lowest BCUT2D eigenvalue weighted by Gasteiger charge is -2.01. The first-order valence-corrected chi connectivity index (χ1v) is 6.64. The maximum absolute atomic E-state index is 8.88. The maximum atomic E-state index is 8.88.